The molecule has 0 spiro atoms. The molecule has 0 aromatic heterocycles. The summed E-state index contributed by atoms with van der Waals surface area (Å²) < 4.78 is 34.0. The molecular formula is C34H53F2N7O3. The Labute approximate surface area is 273 Å². The van der Waals surface area contributed by atoms with Crippen LogP contribution in [0.4, 0.5) is 8.78 Å². The lowest BCUT2D eigenvalue weighted by Gasteiger charge is -2.54. The second-order valence-electron chi connectivity index (χ2n) is 13.0. The second kappa shape index (κ2) is 16.8. The van der Waals surface area contributed by atoms with Gasteiger partial charge in [-0.15, -0.1) is 0 Å². The number of fused-ring (bicyclic) bond motifs is 1. The molecule has 10 nitrogen and oxygen atoms in total. The Bertz CT molecular complexity index is 1210. The molecule has 5 atom stereocenters. The average molecular weight is 646 g/mol. The van der Waals surface area contributed by atoms with E-state index in [-0.39, 0.29) is 36.1 Å². The van der Waals surface area contributed by atoms with Gasteiger partial charge in [0.15, 0.2) is 0 Å². The molecule has 0 bridgehead atoms. The molecule has 4 heterocycles. The number of carbonyl (C=O) groups is 1. The lowest BCUT2D eigenvalue weighted by molar-refractivity contribution is -0.129. The van der Waals surface area contributed by atoms with Gasteiger partial charge in [0.1, 0.15) is 11.5 Å². The van der Waals surface area contributed by atoms with Crippen molar-refractivity contribution in [3.63, 3.8) is 0 Å². The summed E-state index contributed by atoms with van der Waals surface area (Å²) in [5.41, 5.74) is 7.81. The highest BCUT2D eigenvalue weighted by Crippen LogP contribution is 2.33. The van der Waals surface area contributed by atoms with Gasteiger partial charge in [0.25, 0.3) is 6.43 Å². The topological polar surface area (TPSA) is 110 Å². The van der Waals surface area contributed by atoms with E-state index in [9.17, 15) is 18.7 Å². The molecule has 0 aliphatic carbocycles. The SMILES string of the molecule is C=CC(=O)N1CCN([C@@H]2CN3C/C=C(N4CC[C@H](C(=N[C@@H](CO)COC)/C(C)=C\N)C(C)C4)\N=C(\C(F)F)C(=C)CCCC23)CC1. The molecule has 46 heavy (non-hydrogen) atoms. The van der Waals surface area contributed by atoms with Crippen LogP contribution < -0.4 is 5.73 Å². The molecule has 4 aliphatic heterocycles. The van der Waals surface area contributed by atoms with Crippen LogP contribution in [0, 0.1) is 11.8 Å². The number of allylic oxidation sites excluding steroid dienone is 2. The van der Waals surface area contributed by atoms with Crippen molar-refractivity contribution in [1.82, 2.24) is 19.6 Å². The van der Waals surface area contributed by atoms with Crippen LogP contribution in [-0.2, 0) is 9.53 Å². The number of aliphatic hydroxyl groups excluding tert-OH is 1. The second-order valence-corrected chi connectivity index (χ2v) is 13.0. The Morgan fingerprint density at radius 3 is 2.54 bits per heavy atom. The number of nitrogens with two attached hydrogens (primary N) is 1. The average Bonchev–Trinajstić information content (AvgIpc) is 3.07. The fourth-order valence-corrected chi connectivity index (χ4v) is 7.31. The Morgan fingerprint density at radius 1 is 1.20 bits per heavy atom. The zero-order valence-electron chi connectivity index (χ0n) is 27.8. The predicted molar refractivity (Wildman–Crippen MR) is 179 cm³/mol. The van der Waals surface area contributed by atoms with Crippen molar-refractivity contribution in [1.29, 1.82) is 0 Å². The predicted octanol–water partition coefficient (Wildman–Crippen LogP) is 2.93. The number of alkyl halides is 2. The van der Waals surface area contributed by atoms with E-state index < -0.39 is 6.43 Å². The molecule has 0 radical (unpaired) electrons. The minimum Gasteiger partial charge on any atom is -0.404 e. The van der Waals surface area contributed by atoms with Gasteiger partial charge in [-0.25, -0.2) is 13.8 Å². The van der Waals surface area contributed by atoms with Crippen LogP contribution in [0.15, 0.2) is 58.5 Å². The number of rotatable bonds is 10. The van der Waals surface area contributed by atoms with Crippen LogP contribution in [0.3, 0.4) is 0 Å². The number of ether oxygens (including phenoxy) is 1. The summed E-state index contributed by atoms with van der Waals surface area (Å²) in [6, 6.07) is 0.290. The van der Waals surface area contributed by atoms with E-state index in [2.05, 4.69) is 39.8 Å². The first-order valence-electron chi connectivity index (χ1n) is 16.6. The van der Waals surface area contributed by atoms with E-state index in [1.165, 1.54) is 6.08 Å². The summed E-state index contributed by atoms with van der Waals surface area (Å²) in [5.74, 6) is 0.759. The van der Waals surface area contributed by atoms with Gasteiger partial charge in [-0.05, 0) is 68.0 Å². The molecule has 4 aliphatic rings. The van der Waals surface area contributed by atoms with E-state index in [0.717, 1.165) is 50.2 Å². The summed E-state index contributed by atoms with van der Waals surface area (Å²) in [4.78, 5) is 30.4. The summed E-state index contributed by atoms with van der Waals surface area (Å²) in [5, 5.41) is 9.86. The summed E-state index contributed by atoms with van der Waals surface area (Å²) in [7, 11) is 1.58. The van der Waals surface area contributed by atoms with Crippen molar-refractivity contribution >= 4 is 17.3 Å². The third kappa shape index (κ3) is 8.50. The first-order valence-corrected chi connectivity index (χ1v) is 16.6. The van der Waals surface area contributed by atoms with Gasteiger partial charge in [0.2, 0.25) is 5.91 Å². The molecule has 3 saturated heterocycles. The van der Waals surface area contributed by atoms with Crippen molar-refractivity contribution in [2.45, 2.75) is 64.1 Å². The maximum absolute atomic E-state index is 14.4. The minimum absolute atomic E-state index is 0.0240. The number of aliphatic imine (C=N–C) groups is 2. The summed E-state index contributed by atoms with van der Waals surface area (Å²) in [6.45, 7) is 17.7. The first-order chi connectivity index (χ1) is 22.1. The number of amides is 1. The number of piperidine rings is 1. The standard InChI is InChI=1S/C34H53F2N7O3/c1-6-31(45)41-16-14-40(15-17-41)29-20-42-13-11-30(39-33(34(35)36)23(2)8-7-9-28(29)42)43-12-10-27(25(4)19-43)32(24(3)18-37)38-26(21-44)22-46-5/h6,11,18,25-29,34,44H,1-2,7-10,12-17,19-22,37H2,3-5H3/b24-18-,30-11+,38-32?,39-33+/t25?,26-,27-,28?,29+/m0/s1. The molecule has 4 rings (SSSR count). The molecule has 12 heteroatoms. The van der Waals surface area contributed by atoms with Crippen LogP contribution in [0.2, 0.25) is 0 Å². The van der Waals surface area contributed by atoms with Crippen LogP contribution in [0.1, 0.15) is 39.5 Å². The van der Waals surface area contributed by atoms with E-state index in [4.69, 9.17) is 15.5 Å². The van der Waals surface area contributed by atoms with Crippen molar-refractivity contribution in [3.05, 3.63) is 48.5 Å². The van der Waals surface area contributed by atoms with Gasteiger partial charge in [-0.2, -0.15) is 0 Å². The number of piperazine rings is 1. The van der Waals surface area contributed by atoms with Crippen molar-refractivity contribution in [2.24, 2.45) is 27.6 Å². The number of hydrogen-bond acceptors (Lipinski definition) is 9. The fraction of sp³-hybridized carbons (Fsp3) is 0.676. The van der Waals surface area contributed by atoms with Gasteiger partial charge in [-0.1, -0.05) is 20.1 Å². The number of halogens is 2. The highest BCUT2D eigenvalue weighted by atomic mass is 19.3. The Kier molecular flexibility index (Phi) is 13.1. The number of nitrogens with zero attached hydrogens (tertiary/aromatic N) is 6. The number of methoxy groups -OCH3 is 1. The molecule has 0 aromatic carbocycles. The van der Waals surface area contributed by atoms with Gasteiger partial charge in [0, 0.05) is 83.2 Å². The first kappa shape index (κ1) is 35.9. The summed E-state index contributed by atoms with van der Waals surface area (Å²) in [6.07, 6.45) is 5.11. The van der Waals surface area contributed by atoms with E-state index in [1.807, 2.05) is 17.9 Å². The van der Waals surface area contributed by atoms with E-state index in [1.54, 1.807) is 13.3 Å². The maximum atomic E-state index is 14.4. The van der Waals surface area contributed by atoms with Gasteiger partial charge in [-0.3, -0.25) is 19.6 Å². The molecular weight excluding hydrogens is 592 g/mol. The van der Waals surface area contributed by atoms with E-state index >= 15 is 0 Å². The molecule has 0 saturated carbocycles. The zero-order chi connectivity index (χ0) is 33.4. The largest absolute Gasteiger partial charge is 0.404 e. The minimum atomic E-state index is -2.71. The lowest BCUT2D eigenvalue weighted by Crippen LogP contribution is -2.68. The molecule has 2 unspecified atom stereocenters. The molecule has 3 N–H and O–H groups in total. The fourth-order valence-electron chi connectivity index (χ4n) is 7.31. The van der Waals surface area contributed by atoms with Crippen molar-refractivity contribution in [3.8, 4) is 0 Å². The zero-order valence-corrected chi connectivity index (χ0v) is 27.8. The third-order valence-electron chi connectivity index (χ3n) is 10.0. The highest BCUT2D eigenvalue weighted by molar-refractivity contribution is 6.03. The highest BCUT2D eigenvalue weighted by Gasteiger charge is 2.43. The van der Waals surface area contributed by atoms with Crippen LogP contribution in [-0.4, -0.2) is 139 Å². The van der Waals surface area contributed by atoms with Crippen molar-refractivity contribution < 1.29 is 23.4 Å². The van der Waals surface area contributed by atoms with Gasteiger partial charge < -0.3 is 25.4 Å². The maximum Gasteiger partial charge on any atom is 0.280 e. The smallest absolute Gasteiger partial charge is 0.280 e. The third-order valence-corrected chi connectivity index (χ3v) is 10.0. The molecule has 0 aromatic rings. The monoisotopic (exact) mass is 645 g/mol. The van der Waals surface area contributed by atoms with Crippen LogP contribution in [0.5, 0.6) is 0 Å². The Morgan fingerprint density at radius 2 is 1.93 bits per heavy atom. The number of aliphatic hydroxyl groups is 1. The van der Waals surface area contributed by atoms with Crippen LogP contribution >= 0.6 is 0 Å². The molecule has 256 valence electrons. The number of carbonyl (C=O) groups excluding carboxylic acids is 1. The van der Waals surface area contributed by atoms with E-state index in [0.29, 0.717) is 69.2 Å². The molecule has 1 amide bonds. The molecule has 3 fully saturated rings. The Balaban J connectivity index is 1.52. The van der Waals surface area contributed by atoms with Gasteiger partial charge in [0.05, 0.1) is 19.3 Å². The normalized spacial score (nSPS) is 30.8. The van der Waals surface area contributed by atoms with Gasteiger partial charge >= 0.3 is 0 Å². The quantitative estimate of drug-likeness (QED) is 0.278. The van der Waals surface area contributed by atoms with Crippen molar-refractivity contribution in [2.75, 3.05) is 72.7 Å². The van der Waals surface area contributed by atoms with Crippen LogP contribution in [0.25, 0.3) is 0 Å². The number of hydrogen-bond donors (Lipinski definition) is 2. The Hall–Kier alpha value is -2.93. The number of likely N-dealkylation sites (tertiary alicyclic amines) is 1. The lowest BCUT2D eigenvalue weighted by atomic mass is 9.80. The summed E-state index contributed by atoms with van der Waals surface area (Å²) >= 11 is 0.